The standard InChI is InChI=1S/C21H23N3O6/c25-17-11-24(16-8-4-3-7-15(16)22-17)18(26)12-30-19(27)9-10-23-20(28)13-5-1-2-6-14(13)21(23)29/h3-4,7-8,13-14H,1-2,5-6,9-12H2,(H,22,25)/t13-,14-/m0/s1. The van der Waals surface area contributed by atoms with Gasteiger partial charge < -0.3 is 10.1 Å². The Balaban J connectivity index is 1.29. The van der Waals surface area contributed by atoms with Crippen molar-refractivity contribution in [3.8, 4) is 0 Å². The summed E-state index contributed by atoms with van der Waals surface area (Å²) in [7, 11) is 0. The Hall–Kier alpha value is -3.23. The van der Waals surface area contributed by atoms with E-state index in [0.717, 1.165) is 30.6 Å². The van der Waals surface area contributed by atoms with E-state index >= 15 is 0 Å². The summed E-state index contributed by atoms with van der Waals surface area (Å²) in [6.45, 7) is -0.715. The minimum absolute atomic E-state index is 0.0351. The topological polar surface area (TPSA) is 113 Å². The number of carbonyl (C=O) groups is 5. The number of hydrogen-bond donors (Lipinski definition) is 1. The monoisotopic (exact) mass is 413 g/mol. The molecule has 1 aromatic rings. The molecule has 2 fully saturated rings. The molecule has 30 heavy (non-hydrogen) atoms. The zero-order valence-electron chi connectivity index (χ0n) is 16.5. The predicted molar refractivity (Wildman–Crippen MR) is 105 cm³/mol. The average molecular weight is 413 g/mol. The first kappa shape index (κ1) is 20.1. The van der Waals surface area contributed by atoms with Crippen molar-refractivity contribution in [3.63, 3.8) is 0 Å². The number of rotatable bonds is 5. The van der Waals surface area contributed by atoms with Crippen molar-refractivity contribution in [1.82, 2.24) is 4.90 Å². The highest BCUT2D eigenvalue weighted by atomic mass is 16.5. The molecule has 3 aliphatic rings. The Bertz CT molecular complexity index is 890. The van der Waals surface area contributed by atoms with Crippen LogP contribution in [-0.2, 0) is 28.7 Å². The van der Waals surface area contributed by atoms with Crippen LogP contribution in [-0.4, -0.2) is 54.2 Å². The van der Waals surface area contributed by atoms with Gasteiger partial charge in [-0.2, -0.15) is 0 Å². The predicted octanol–water partition coefficient (Wildman–Crippen LogP) is 1.08. The molecule has 2 aliphatic heterocycles. The maximum Gasteiger partial charge on any atom is 0.308 e. The number of amides is 4. The highest BCUT2D eigenvalue weighted by molar-refractivity contribution is 6.10. The van der Waals surface area contributed by atoms with Gasteiger partial charge >= 0.3 is 5.97 Å². The van der Waals surface area contributed by atoms with Gasteiger partial charge in [0.25, 0.3) is 5.91 Å². The van der Waals surface area contributed by atoms with E-state index in [-0.39, 0.29) is 49.1 Å². The van der Waals surface area contributed by atoms with E-state index in [2.05, 4.69) is 5.32 Å². The largest absolute Gasteiger partial charge is 0.455 e. The second-order valence-corrected chi connectivity index (χ2v) is 7.78. The Morgan fingerprint density at radius 2 is 1.70 bits per heavy atom. The molecule has 1 aliphatic carbocycles. The molecule has 9 nitrogen and oxygen atoms in total. The van der Waals surface area contributed by atoms with Crippen LogP contribution in [0.4, 0.5) is 11.4 Å². The van der Waals surface area contributed by atoms with Gasteiger partial charge in [0.15, 0.2) is 6.61 Å². The molecule has 4 amide bonds. The highest BCUT2D eigenvalue weighted by Gasteiger charge is 2.47. The third kappa shape index (κ3) is 3.79. The number of nitrogens with one attached hydrogen (secondary N) is 1. The number of fused-ring (bicyclic) bond motifs is 2. The molecule has 2 heterocycles. The second kappa shape index (κ2) is 8.25. The maximum absolute atomic E-state index is 12.5. The second-order valence-electron chi connectivity index (χ2n) is 7.78. The molecule has 0 radical (unpaired) electrons. The normalized spacial score (nSPS) is 23.0. The van der Waals surface area contributed by atoms with E-state index in [9.17, 15) is 24.0 Å². The lowest BCUT2D eigenvalue weighted by atomic mass is 9.81. The lowest BCUT2D eigenvalue weighted by molar-refractivity contribution is -0.149. The van der Waals surface area contributed by atoms with Gasteiger partial charge in [-0.3, -0.25) is 33.8 Å². The van der Waals surface area contributed by atoms with Gasteiger partial charge in [-0.1, -0.05) is 25.0 Å². The molecule has 1 N–H and O–H groups in total. The summed E-state index contributed by atoms with van der Waals surface area (Å²) in [4.78, 5) is 63.7. The molecule has 0 bridgehead atoms. The van der Waals surface area contributed by atoms with Crippen LogP contribution in [0, 0.1) is 11.8 Å². The Morgan fingerprint density at radius 1 is 1.03 bits per heavy atom. The summed E-state index contributed by atoms with van der Waals surface area (Å²) in [5.74, 6) is -2.45. The minimum Gasteiger partial charge on any atom is -0.455 e. The molecule has 0 unspecified atom stereocenters. The van der Waals surface area contributed by atoms with Crippen LogP contribution in [0.1, 0.15) is 32.1 Å². The Kier molecular flexibility index (Phi) is 5.52. The van der Waals surface area contributed by atoms with Crippen LogP contribution in [0.2, 0.25) is 0 Å². The number of carbonyl (C=O) groups excluding carboxylic acids is 5. The Labute approximate surface area is 173 Å². The zero-order chi connectivity index (χ0) is 21.3. The van der Waals surface area contributed by atoms with E-state index in [1.165, 1.54) is 4.90 Å². The number of esters is 1. The Morgan fingerprint density at radius 3 is 2.40 bits per heavy atom. The van der Waals surface area contributed by atoms with Gasteiger partial charge in [0.1, 0.15) is 6.54 Å². The summed E-state index contributed by atoms with van der Waals surface area (Å²) in [5.41, 5.74) is 1.05. The quantitative estimate of drug-likeness (QED) is 0.571. The van der Waals surface area contributed by atoms with E-state index in [0.29, 0.717) is 11.4 Å². The van der Waals surface area contributed by atoms with Crippen LogP contribution in [0.5, 0.6) is 0 Å². The molecule has 4 rings (SSSR count). The SMILES string of the molecule is O=C1CN(C(=O)COC(=O)CCN2C(=O)[C@H]3CCCC[C@@H]3C2=O)c2ccccc2N1. The minimum atomic E-state index is -0.673. The lowest BCUT2D eigenvalue weighted by Gasteiger charge is -2.28. The molecule has 1 saturated heterocycles. The molecule has 1 saturated carbocycles. The van der Waals surface area contributed by atoms with Crippen molar-refractivity contribution < 1.29 is 28.7 Å². The first-order chi connectivity index (χ1) is 14.5. The summed E-state index contributed by atoms with van der Waals surface area (Å²) in [6, 6.07) is 6.85. The number of ether oxygens (including phenoxy) is 1. The summed E-state index contributed by atoms with van der Waals surface area (Å²) < 4.78 is 5.05. The number of benzene rings is 1. The molecule has 1 aromatic carbocycles. The van der Waals surface area contributed by atoms with E-state index in [1.807, 2.05) is 0 Å². The van der Waals surface area contributed by atoms with Crippen LogP contribution in [0.15, 0.2) is 24.3 Å². The molecule has 158 valence electrons. The molecule has 9 heteroatoms. The third-order valence-electron chi connectivity index (χ3n) is 5.90. The lowest BCUT2D eigenvalue weighted by Crippen LogP contribution is -2.44. The average Bonchev–Trinajstić information content (AvgIpc) is 3.00. The number of anilines is 2. The first-order valence-corrected chi connectivity index (χ1v) is 10.2. The molecular formula is C21H23N3O6. The van der Waals surface area contributed by atoms with Crippen LogP contribution in [0.3, 0.4) is 0 Å². The van der Waals surface area contributed by atoms with E-state index in [1.54, 1.807) is 24.3 Å². The number of likely N-dealkylation sites (tertiary alicyclic amines) is 1. The number of nitrogens with zero attached hydrogens (tertiary/aromatic N) is 2. The molecule has 0 spiro atoms. The fourth-order valence-corrected chi connectivity index (χ4v) is 4.40. The van der Waals surface area contributed by atoms with Gasteiger partial charge in [0.05, 0.1) is 29.6 Å². The molecule has 0 aromatic heterocycles. The molecular weight excluding hydrogens is 390 g/mol. The fraction of sp³-hybridized carbons (Fsp3) is 0.476. The van der Waals surface area contributed by atoms with Crippen LogP contribution in [0.25, 0.3) is 0 Å². The van der Waals surface area contributed by atoms with Crippen LogP contribution < -0.4 is 10.2 Å². The van der Waals surface area contributed by atoms with E-state index < -0.39 is 18.5 Å². The highest BCUT2D eigenvalue weighted by Crippen LogP contribution is 2.38. The van der Waals surface area contributed by atoms with Crippen molar-refractivity contribution in [2.45, 2.75) is 32.1 Å². The summed E-state index contributed by atoms with van der Waals surface area (Å²) in [6.07, 6.45) is 3.15. The summed E-state index contributed by atoms with van der Waals surface area (Å²) in [5, 5.41) is 2.68. The van der Waals surface area contributed by atoms with Gasteiger partial charge in [0.2, 0.25) is 17.7 Å². The number of imide groups is 1. The van der Waals surface area contributed by atoms with Crippen molar-refractivity contribution in [2.75, 3.05) is 29.9 Å². The first-order valence-electron chi connectivity index (χ1n) is 10.2. The fourth-order valence-electron chi connectivity index (χ4n) is 4.40. The van der Waals surface area contributed by atoms with E-state index in [4.69, 9.17) is 4.74 Å². The summed E-state index contributed by atoms with van der Waals surface area (Å²) >= 11 is 0. The van der Waals surface area contributed by atoms with Gasteiger partial charge in [-0.25, -0.2) is 0 Å². The van der Waals surface area contributed by atoms with Crippen molar-refractivity contribution in [3.05, 3.63) is 24.3 Å². The number of para-hydroxylation sites is 2. The van der Waals surface area contributed by atoms with Gasteiger partial charge in [-0.05, 0) is 25.0 Å². The maximum atomic E-state index is 12.5. The smallest absolute Gasteiger partial charge is 0.308 e. The van der Waals surface area contributed by atoms with Gasteiger partial charge in [-0.15, -0.1) is 0 Å². The number of hydrogen-bond acceptors (Lipinski definition) is 6. The third-order valence-corrected chi connectivity index (χ3v) is 5.90. The van der Waals surface area contributed by atoms with Crippen molar-refractivity contribution >= 4 is 41.0 Å². The van der Waals surface area contributed by atoms with Gasteiger partial charge in [0, 0.05) is 6.54 Å². The van der Waals surface area contributed by atoms with Crippen molar-refractivity contribution in [1.29, 1.82) is 0 Å². The molecule has 2 atom stereocenters. The van der Waals surface area contributed by atoms with Crippen molar-refractivity contribution in [2.24, 2.45) is 11.8 Å². The van der Waals surface area contributed by atoms with Crippen LogP contribution >= 0.6 is 0 Å². The zero-order valence-corrected chi connectivity index (χ0v) is 16.5.